The average molecular weight is 469 g/mol. The maximum absolute atomic E-state index is 12.6. The van der Waals surface area contributed by atoms with Crippen molar-refractivity contribution >= 4 is 11.9 Å². The molecule has 0 heterocycles. The topological polar surface area (TPSA) is 59.1 Å². The first kappa shape index (κ1) is 27.5. The Morgan fingerprint density at radius 1 is 0.765 bits per heavy atom. The van der Waals surface area contributed by atoms with Gasteiger partial charge in [-0.05, 0) is 38.3 Å². The van der Waals surface area contributed by atoms with Crippen molar-refractivity contribution in [2.75, 3.05) is 32.8 Å². The van der Waals surface area contributed by atoms with Crippen LogP contribution in [0.25, 0.3) is 0 Å². The van der Waals surface area contributed by atoms with Crippen molar-refractivity contribution in [1.82, 2.24) is 9.80 Å². The lowest BCUT2D eigenvalue weighted by Crippen LogP contribution is -2.41. The normalized spacial score (nSPS) is 11.6. The summed E-state index contributed by atoms with van der Waals surface area (Å²) in [5.74, 6) is -0.469. The zero-order valence-electron chi connectivity index (χ0n) is 21.2. The van der Waals surface area contributed by atoms with Gasteiger partial charge in [0.15, 0.2) is 0 Å². The molecule has 0 spiro atoms. The van der Waals surface area contributed by atoms with E-state index in [1.165, 1.54) is 0 Å². The Morgan fingerprint density at radius 2 is 1.24 bits per heavy atom. The van der Waals surface area contributed by atoms with Gasteiger partial charge in [0.25, 0.3) is 0 Å². The molecule has 0 bridgehead atoms. The smallest absolute Gasteiger partial charge is 0.320 e. The zero-order valence-corrected chi connectivity index (χ0v) is 21.2. The molecule has 6 nitrogen and oxygen atoms in total. The standard InChI is InChI=1S/C28H40N2O4/c1-5-6-19-33-26(31)22-29(20-24-13-9-7-10-14-24)17-18-30(21-25-15-11-8-12-16-25)23-27(32)34-28(2,3)4/h7-16H,5-6,17-23H2,1-4H3. The van der Waals surface area contributed by atoms with Gasteiger partial charge in [-0.1, -0.05) is 74.0 Å². The molecule has 2 aromatic carbocycles. The van der Waals surface area contributed by atoms with Gasteiger partial charge in [0.2, 0.25) is 0 Å². The van der Waals surface area contributed by atoms with Crippen molar-refractivity contribution in [3.63, 3.8) is 0 Å². The molecular formula is C28H40N2O4. The van der Waals surface area contributed by atoms with E-state index in [0.717, 1.165) is 24.0 Å². The van der Waals surface area contributed by atoms with Gasteiger partial charge < -0.3 is 9.47 Å². The fourth-order valence-corrected chi connectivity index (χ4v) is 3.51. The molecule has 0 saturated carbocycles. The highest BCUT2D eigenvalue weighted by molar-refractivity contribution is 5.72. The van der Waals surface area contributed by atoms with Crippen LogP contribution >= 0.6 is 0 Å². The van der Waals surface area contributed by atoms with Gasteiger partial charge in [0.05, 0.1) is 19.7 Å². The van der Waals surface area contributed by atoms with Gasteiger partial charge in [0.1, 0.15) is 5.60 Å². The van der Waals surface area contributed by atoms with Crippen molar-refractivity contribution in [2.24, 2.45) is 0 Å². The summed E-state index contributed by atoms with van der Waals surface area (Å²) in [7, 11) is 0. The van der Waals surface area contributed by atoms with E-state index < -0.39 is 5.60 Å². The molecule has 6 heteroatoms. The molecular weight excluding hydrogens is 428 g/mol. The molecule has 0 aliphatic heterocycles. The Bertz CT molecular complexity index is 850. The van der Waals surface area contributed by atoms with Crippen molar-refractivity contribution < 1.29 is 19.1 Å². The summed E-state index contributed by atoms with van der Waals surface area (Å²) >= 11 is 0. The minimum absolute atomic E-state index is 0.187. The number of hydrogen-bond acceptors (Lipinski definition) is 6. The first-order chi connectivity index (χ1) is 16.2. The maximum atomic E-state index is 12.6. The Labute approximate surface area is 204 Å². The van der Waals surface area contributed by atoms with E-state index in [0.29, 0.717) is 32.8 Å². The molecule has 186 valence electrons. The van der Waals surface area contributed by atoms with Crippen LogP contribution in [0.15, 0.2) is 60.7 Å². The van der Waals surface area contributed by atoms with E-state index in [9.17, 15) is 9.59 Å². The van der Waals surface area contributed by atoms with Gasteiger partial charge in [-0.15, -0.1) is 0 Å². The number of carbonyl (C=O) groups is 2. The molecule has 0 aromatic heterocycles. The summed E-state index contributed by atoms with van der Waals surface area (Å²) in [4.78, 5) is 29.2. The van der Waals surface area contributed by atoms with Gasteiger partial charge in [-0.2, -0.15) is 0 Å². The largest absolute Gasteiger partial charge is 0.465 e. The number of carbonyl (C=O) groups excluding carboxylic acids is 2. The summed E-state index contributed by atoms with van der Waals surface area (Å²) in [5, 5.41) is 0. The number of ether oxygens (including phenoxy) is 2. The summed E-state index contributed by atoms with van der Waals surface area (Å²) in [5.41, 5.74) is 1.72. The fraction of sp³-hybridized carbons (Fsp3) is 0.500. The first-order valence-electron chi connectivity index (χ1n) is 12.1. The quantitative estimate of drug-likeness (QED) is 0.297. The molecule has 0 radical (unpaired) electrons. The Balaban J connectivity index is 2.06. The van der Waals surface area contributed by atoms with Crippen LogP contribution in [0.1, 0.15) is 51.7 Å². The molecule has 0 fully saturated rings. The van der Waals surface area contributed by atoms with Crippen molar-refractivity contribution in [3.05, 3.63) is 71.8 Å². The monoisotopic (exact) mass is 468 g/mol. The van der Waals surface area contributed by atoms with Crippen LogP contribution in [-0.2, 0) is 32.2 Å². The predicted molar refractivity (Wildman–Crippen MR) is 135 cm³/mol. The van der Waals surface area contributed by atoms with E-state index in [1.807, 2.05) is 57.2 Å². The van der Waals surface area contributed by atoms with Gasteiger partial charge >= 0.3 is 11.9 Å². The van der Waals surface area contributed by atoms with Gasteiger partial charge in [-0.25, -0.2) is 0 Å². The van der Waals surface area contributed by atoms with Crippen molar-refractivity contribution in [2.45, 2.75) is 59.2 Å². The summed E-state index contributed by atoms with van der Waals surface area (Å²) < 4.78 is 11.0. The second-order valence-corrected chi connectivity index (χ2v) is 9.55. The number of hydrogen-bond donors (Lipinski definition) is 0. The highest BCUT2D eigenvalue weighted by Gasteiger charge is 2.21. The van der Waals surface area contributed by atoms with Crippen LogP contribution in [-0.4, -0.2) is 60.1 Å². The Morgan fingerprint density at radius 3 is 1.68 bits per heavy atom. The molecule has 0 saturated heterocycles. The summed E-state index contributed by atoms with van der Waals surface area (Å²) in [6, 6.07) is 20.2. The van der Waals surface area contributed by atoms with Crippen LogP contribution in [0.4, 0.5) is 0 Å². The fourth-order valence-electron chi connectivity index (χ4n) is 3.51. The van der Waals surface area contributed by atoms with E-state index >= 15 is 0 Å². The molecule has 0 amide bonds. The molecule has 2 rings (SSSR count). The Hall–Kier alpha value is -2.70. The maximum Gasteiger partial charge on any atom is 0.320 e. The lowest BCUT2D eigenvalue weighted by atomic mass is 10.2. The minimum Gasteiger partial charge on any atom is -0.465 e. The van der Waals surface area contributed by atoms with Crippen molar-refractivity contribution in [3.8, 4) is 0 Å². The van der Waals surface area contributed by atoms with Crippen LogP contribution in [0.2, 0.25) is 0 Å². The molecule has 0 aliphatic carbocycles. The molecule has 0 N–H and O–H groups in total. The number of nitrogens with zero attached hydrogens (tertiary/aromatic N) is 2. The number of unbranched alkanes of at least 4 members (excludes halogenated alkanes) is 1. The third kappa shape index (κ3) is 12.0. The first-order valence-corrected chi connectivity index (χ1v) is 12.1. The van der Waals surface area contributed by atoms with Crippen LogP contribution in [0.5, 0.6) is 0 Å². The van der Waals surface area contributed by atoms with E-state index in [4.69, 9.17) is 9.47 Å². The predicted octanol–water partition coefficient (Wildman–Crippen LogP) is 4.68. The van der Waals surface area contributed by atoms with E-state index in [2.05, 4.69) is 41.0 Å². The van der Waals surface area contributed by atoms with Crippen LogP contribution in [0.3, 0.4) is 0 Å². The Kier molecular flexibility index (Phi) is 11.8. The average Bonchev–Trinajstić information content (AvgIpc) is 2.77. The number of benzene rings is 2. The minimum atomic E-state index is -0.531. The molecule has 0 aliphatic rings. The van der Waals surface area contributed by atoms with Crippen LogP contribution < -0.4 is 0 Å². The van der Waals surface area contributed by atoms with E-state index in [1.54, 1.807) is 0 Å². The SMILES string of the molecule is CCCCOC(=O)CN(CCN(CC(=O)OC(C)(C)C)Cc1ccccc1)Cc1ccccc1. The lowest BCUT2D eigenvalue weighted by molar-refractivity contribution is -0.156. The highest BCUT2D eigenvalue weighted by Crippen LogP contribution is 2.11. The molecule has 34 heavy (non-hydrogen) atoms. The second kappa shape index (κ2) is 14.5. The third-order valence-corrected chi connectivity index (χ3v) is 5.12. The zero-order chi connectivity index (χ0) is 24.8. The number of esters is 2. The summed E-state index contributed by atoms with van der Waals surface area (Å²) in [6.45, 7) is 11.0. The molecule has 2 aromatic rings. The van der Waals surface area contributed by atoms with E-state index in [-0.39, 0.29) is 25.0 Å². The molecule has 0 unspecified atom stereocenters. The van der Waals surface area contributed by atoms with Crippen LogP contribution in [0, 0.1) is 0 Å². The number of rotatable bonds is 14. The van der Waals surface area contributed by atoms with Crippen molar-refractivity contribution in [1.29, 1.82) is 0 Å². The van der Waals surface area contributed by atoms with Gasteiger partial charge in [0, 0.05) is 26.2 Å². The lowest BCUT2D eigenvalue weighted by Gasteiger charge is -2.28. The third-order valence-electron chi connectivity index (χ3n) is 5.12. The molecule has 0 atom stereocenters. The highest BCUT2D eigenvalue weighted by atomic mass is 16.6. The second-order valence-electron chi connectivity index (χ2n) is 9.55. The van der Waals surface area contributed by atoms with Gasteiger partial charge in [-0.3, -0.25) is 19.4 Å². The summed E-state index contributed by atoms with van der Waals surface area (Å²) in [6.07, 6.45) is 1.85.